The van der Waals surface area contributed by atoms with Crippen LogP contribution < -0.4 is 10.5 Å². The van der Waals surface area contributed by atoms with E-state index in [0.29, 0.717) is 0 Å². The molecule has 0 aliphatic heterocycles. The number of nitrogens with two attached hydrogens (primary N) is 1. The highest BCUT2D eigenvalue weighted by atomic mass is 32.2. The largest absolute Gasteiger partial charge is 0.496 e. The lowest BCUT2D eigenvalue weighted by Gasteiger charge is -2.19. The van der Waals surface area contributed by atoms with Gasteiger partial charge in [0.25, 0.3) is 0 Å². The van der Waals surface area contributed by atoms with Crippen molar-refractivity contribution in [3.05, 3.63) is 23.3 Å². The number of rotatable bonds is 4. The first-order chi connectivity index (χ1) is 7.66. The molecular weight excluding hydrogens is 218 g/mol. The fourth-order valence-corrected chi connectivity index (χ4v) is 2.99. The second-order valence-corrected chi connectivity index (χ2v) is 5.35. The van der Waals surface area contributed by atoms with Gasteiger partial charge in [0.2, 0.25) is 0 Å². The average molecular weight is 237 g/mol. The minimum Gasteiger partial charge on any atom is -0.496 e. The van der Waals surface area contributed by atoms with E-state index in [1.165, 1.54) is 28.9 Å². The summed E-state index contributed by atoms with van der Waals surface area (Å²) in [5.74, 6) is 0.979. The second-order valence-electron chi connectivity index (χ2n) is 4.51. The number of hydrogen-bond acceptors (Lipinski definition) is 3. The van der Waals surface area contributed by atoms with Crippen molar-refractivity contribution in [1.82, 2.24) is 0 Å². The maximum Gasteiger partial charge on any atom is 0.122 e. The summed E-state index contributed by atoms with van der Waals surface area (Å²) in [7, 11) is 1.73. The van der Waals surface area contributed by atoms with Gasteiger partial charge in [-0.1, -0.05) is 0 Å². The summed E-state index contributed by atoms with van der Waals surface area (Å²) in [5, 5.41) is 0. The van der Waals surface area contributed by atoms with Crippen LogP contribution in [0.2, 0.25) is 0 Å². The SMILES string of the molecule is COc1cc(C2(CN)CC2)c(SC)cc1C. The number of thioether (sulfide) groups is 1. The summed E-state index contributed by atoms with van der Waals surface area (Å²) in [5.41, 5.74) is 8.72. The molecule has 1 aromatic carbocycles. The van der Waals surface area contributed by atoms with Crippen molar-refractivity contribution < 1.29 is 4.74 Å². The molecule has 1 aliphatic carbocycles. The smallest absolute Gasteiger partial charge is 0.122 e. The molecule has 3 heteroatoms. The Labute approximate surface area is 102 Å². The zero-order chi connectivity index (χ0) is 11.8. The molecule has 0 atom stereocenters. The van der Waals surface area contributed by atoms with E-state index in [-0.39, 0.29) is 5.41 Å². The van der Waals surface area contributed by atoms with Gasteiger partial charge in [0.05, 0.1) is 7.11 Å². The fourth-order valence-electron chi connectivity index (χ4n) is 2.20. The normalized spacial score (nSPS) is 17.2. The topological polar surface area (TPSA) is 35.2 Å². The van der Waals surface area contributed by atoms with Crippen LogP contribution in [0.25, 0.3) is 0 Å². The number of ether oxygens (including phenoxy) is 1. The molecule has 1 aromatic rings. The Morgan fingerprint density at radius 2 is 2.12 bits per heavy atom. The Kier molecular flexibility index (Phi) is 3.17. The molecular formula is C13H19NOS. The van der Waals surface area contributed by atoms with Gasteiger partial charge in [0, 0.05) is 16.9 Å². The Bertz CT molecular complexity index is 399. The third-order valence-corrected chi connectivity index (χ3v) is 4.31. The molecule has 1 saturated carbocycles. The van der Waals surface area contributed by atoms with E-state index in [0.717, 1.165) is 12.3 Å². The van der Waals surface area contributed by atoms with Crippen LogP contribution in [0.4, 0.5) is 0 Å². The lowest BCUT2D eigenvalue weighted by molar-refractivity contribution is 0.410. The van der Waals surface area contributed by atoms with Gasteiger partial charge in [-0.2, -0.15) is 0 Å². The van der Waals surface area contributed by atoms with Crippen LogP contribution in [0.1, 0.15) is 24.0 Å². The minimum absolute atomic E-state index is 0.235. The third kappa shape index (κ3) is 1.82. The average Bonchev–Trinajstić information content (AvgIpc) is 3.09. The standard InChI is InChI=1S/C13H19NOS/c1-9-6-12(16-3)10(7-11(9)15-2)13(8-14)4-5-13/h6-7H,4-5,8,14H2,1-3H3. The van der Waals surface area contributed by atoms with Crippen molar-refractivity contribution in [3.63, 3.8) is 0 Å². The van der Waals surface area contributed by atoms with Crippen LogP contribution in [0, 0.1) is 6.92 Å². The summed E-state index contributed by atoms with van der Waals surface area (Å²) in [6, 6.07) is 4.40. The van der Waals surface area contributed by atoms with Crippen molar-refractivity contribution in [1.29, 1.82) is 0 Å². The van der Waals surface area contributed by atoms with Gasteiger partial charge < -0.3 is 10.5 Å². The Balaban J connectivity index is 2.50. The molecule has 16 heavy (non-hydrogen) atoms. The van der Waals surface area contributed by atoms with Gasteiger partial charge in [-0.05, 0) is 49.3 Å². The maximum absolute atomic E-state index is 5.90. The van der Waals surface area contributed by atoms with E-state index in [2.05, 4.69) is 25.3 Å². The molecule has 2 N–H and O–H groups in total. The van der Waals surface area contributed by atoms with E-state index in [1.807, 2.05) is 0 Å². The molecule has 0 heterocycles. The van der Waals surface area contributed by atoms with Gasteiger partial charge in [-0.25, -0.2) is 0 Å². The Morgan fingerprint density at radius 1 is 1.44 bits per heavy atom. The van der Waals surface area contributed by atoms with Crippen molar-refractivity contribution in [2.75, 3.05) is 19.9 Å². The van der Waals surface area contributed by atoms with E-state index in [9.17, 15) is 0 Å². The summed E-state index contributed by atoms with van der Waals surface area (Å²) in [4.78, 5) is 1.35. The highest BCUT2D eigenvalue weighted by Crippen LogP contribution is 2.51. The molecule has 2 nitrogen and oxygen atoms in total. The molecule has 0 aromatic heterocycles. The van der Waals surface area contributed by atoms with Crippen LogP contribution in [-0.2, 0) is 5.41 Å². The molecule has 1 aliphatic rings. The summed E-state index contributed by atoms with van der Waals surface area (Å²) in [6.45, 7) is 2.83. The summed E-state index contributed by atoms with van der Waals surface area (Å²) >= 11 is 1.80. The van der Waals surface area contributed by atoms with Gasteiger partial charge in [0.15, 0.2) is 0 Å². The predicted octanol–water partition coefficient (Wildman–Crippen LogP) is 2.72. The van der Waals surface area contributed by atoms with Gasteiger partial charge in [-0.3, -0.25) is 0 Å². The quantitative estimate of drug-likeness (QED) is 0.818. The van der Waals surface area contributed by atoms with Crippen LogP contribution >= 0.6 is 11.8 Å². The predicted molar refractivity (Wildman–Crippen MR) is 69.5 cm³/mol. The molecule has 0 spiro atoms. The molecule has 0 radical (unpaired) electrons. The number of aryl methyl sites for hydroxylation is 1. The zero-order valence-corrected chi connectivity index (χ0v) is 11.0. The maximum atomic E-state index is 5.90. The first kappa shape index (κ1) is 11.8. The van der Waals surface area contributed by atoms with E-state index >= 15 is 0 Å². The lowest BCUT2D eigenvalue weighted by Crippen LogP contribution is -2.20. The summed E-state index contributed by atoms with van der Waals surface area (Å²) < 4.78 is 5.40. The molecule has 2 rings (SSSR count). The van der Waals surface area contributed by atoms with E-state index in [1.54, 1.807) is 18.9 Å². The lowest BCUT2D eigenvalue weighted by atomic mass is 9.94. The van der Waals surface area contributed by atoms with Crippen molar-refractivity contribution in [2.45, 2.75) is 30.1 Å². The van der Waals surface area contributed by atoms with Gasteiger partial charge in [0.1, 0.15) is 5.75 Å². The Hall–Kier alpha value is -0.670. The fraction of sp³-hybridized carbons (Fsp3) is 0.538. The third-order valence-electron chi connectivity index (χ3n) is 3.53. The van der Waals surface area contributed by atoms with Crippen molar-refractivity contribution in [3.8, 4) is 5.75 Å². The molecule has 1 fully saturated rings. The second kappa shape index (κ2) is 4.30. The van der Waals surface area contributed by atoms with Crippen molar-refractivity contribution >= 4 is 11.8 Å². The minimum atomic E-state index is 0.235. The molecule has 88 valence electrons. The van der Waals surface area contributed by atoms with Crippen LogP contribution in [-0.4, -0.2) is 19.9 Å². The van der Waals surface area contributed by atoms with Crippen LogP contribution in [0.5, 0.6) is 5.75 Å². The first-order valence-corrected chi connectivity index (χ1v) is 6.82. The van der Waals surface area contributed by atoms with Gasteiger partial charge in [-0.15, -0.1) is 11.8 Å². The first-order valence-electron chi connectivity index (χ1n) is 5.60. The number of hydrogen-bond donors (Lipinski definition) is 1. The van der Waals surface area contributed by atoms with Crippen molar-refractivity contribution in [2.24, 2.45) is 5.73 Å². The Morgan fingerprint density at radius 3 is 2.56 bits per heavy atom. The molecule has 0 amide bonds. The number of methoxy groups -OCH3 is 1. The molecule has 0 bridgehead atoms. The van der Waals surface area contributed by atoms with Crippen LogP contribution in [0.3, 0.4) is 0 Å². The molecule has 0 saturated heterocycles. The number of benzene rings is 1. The van der Waals surface area contributed by atoms with Gasteiger partial charge >= 0.3 is 0 Å². The van der Waals surface area contributed by atoms with E-state index < -0.39 is 0 Å². The molecule has 0 unspecified atom stereocenters. The highest BCUT2D eigenvalue weighted by Gasteiger charge is 2.44. The zero-order valence-electron chi connectivity index (χ0n) is 10.2. The monoisotopic (exact) mass is 237 g/mol. The highest BCUT2D eigenvalue weighted by molar-refractivity contribution is 7.98. The summed E-state index contributed by atoms with van der Waals surface area (Å²) in [6.07, 6.45) is 4.55. The van der Waals surface area contributed by atoms with E-state index in [4.69, 9.17) is 10.5 Å². The van der Waals surface area contributed by atoms with Crippen LogP contribution in [0.15, 0.2) is 17.0 Å².